The van der Waals surface area contributed by atoms with Gasteiger partial charge in [0.15, 0.2) is 0 Å². The molecule has 0 radical (unpaired) electrons. The van der Waals surface area contributed by atoms with Crippen LogP contribution in [0.5, 0.6) is 0 Å². The van der Waals surface area contributed by atoms with Crippen LogP contribution in [0, 0.1) is 11.3 Å². The van der Waals surface area contributed by atoms with Crippen LogP contribution in [0.25, 0.3) is 0 Å². The van der Waals surface area contributed by atoms with E-state index >= 15 is 0 Å². The van der Waals surface area contributed by atoms with Crippen LogP contribution in [0.4, 0.5) is 0 Å². The van der Waals surface area contributed by atoms with E-state index in [1.807, 2.05) is 25.1 Å². The third-order valence-corrected chi connectivity index (χ3v) is 2.51. The topological polar surface area (TPSA) is 73.1 Å². The van der Waals surface area contributed by atoms with Gasteiger partial charge in [-0.1, -0.05) is 25.5 Å². The highest BCUT2D eigenvalue weighted by Gasteiger charge is 2.14. The van der Waals surface area contributed by atoms with Crippen molar-refractivity contribution in [1.82, 2.24) is 5.32 Å². The van der Waals surface area contributed by atoms with Crippen molar-refractivity contribution in [3.8, 4) is 6.07 Å². The summed E-state index contributed by atoms with van der Waals surface area (Å²) in [5, 5.41) is 20.6. The zero-order chi connectivity index (χ0) is 12.7. The first-order valence-corrected chi connectivity index (χ1v) is 5.62. The molecule has 0 saturated carbocycles. The molecule has 1 unspecified atom stereocenters. The third-order valence-electron chi connectivity index (χ3n) is 2.51. The average Bonchev–Trinajstić information content (AvgIpc) is 2.34. The van der Waals surface area contributed by atoms with Crippen LogP contribution in [0.15, 0.2) is 24.3 Å². The lowest BCUT2D eigenvalue weighted by molar-refractivity contribution is -0.139. The Bertz CT molecular complexity index is 406. The van der Waals surface area contributed by atoms with Crippen molar-refractivity contribution in [2.45, 2.75) is 32.4 Å². The van der Waals surface area contributed by atoms with E-state index in [0.29, 0.717) is 18.5 Å². The summed E-state index contributed by atoms with van der Waals surface area (Å²) in [6.07, 6.45) is 1.45. The van der Waals surface area contributed by atoms with Crippen LogP contribution in [-0.2, 0) is 11.3 Å². The Morgan fingerprint density at radius 1 is 1.47 bits per heavy atom. The fourth-order valence-corrected chi connectivity index (χ4v) is 1.54. The minimum absolute atomic E-state index is 0.503. The van der Waals surface area contributed by atoms with Crippen molar-refractivity contribution in [2.24, 2.45) is 0 Å². The molecule has 0 aliphatic heterocycles. The summed E-state index contributed by atoms with van der Waals surface area (Å²) in [4.78, 5) is 10.9. The predicted octanol–water partition coefficient (Wildman–Crippen LogP) is 1.90. The van der Waals surface area contributed by atoms with Crippen LogP contribution in [0.1, 0.15) is 30.9 Å². The van der Waals surface area contributed by atoms with Gasteiger partial charge in [0, 0.05) is 6.54 Å². The maximum atomic E-state index is 10.9. The molecule has 4 nitrogen and oxygen atoms in total. The molecule has 0 heterocycles. The summed E-state index contributed by atoms with van der Waals surface area (Å²) < 4.78 is 0. The molecular weight excluding hydrogens is 216 g/mol. The van der Waals surface area contributed by atoms with Crippen molar-refractivity contribution >= 4 is 5.97 Å². The second-order valence-corrected chi connectivity index (χ2v) is 3.87. The van der Waals surface area contributed by atoms with Gasteiger partial charge in [-0.2, -0.15) is 5.26 Å². The van der Waals surface area contributed by atoms with Crippen molar-refractivity contribution in [2.75, 3.05) is 0 Å². The molecule has 0 bridgehead atoms. The first-order valence-electron chi connectivity index (χ1n) is 5.62. The lowest BCUT2D eigenvalue weighted by Gasteiger charge is -2.13. The molecule has 0 aliphatic rings. The molecule has 0 aliphatic carbocycles. The Hall–Kier alpha value is -1.86. The zero-order valence-corrected chi connectivity index (χ0v) is 9.81. The molecule has 0 aromatic heterocycles. The maximum absolute atomic E-state index is 10.9. The van der Waals surface area contributed by atoms with E-state index < -0.39 is 12.0 Å². The fourth-order valence-electron chi connectivity index (χ4n) is 1.54. The lowest BCUT2D eigenvalue weighted by atomic mass is 10.1. The Morgan fingerprint density at radius 3 is 2.59 bits per heavy atom. The van der Waals surface area contributed by atoms with E-state index in [0.717, 1.165) is 12.0 Å². The quantitative estimate of drug-likeness (QED) is 0.785. The molecule has 0 saturated heterocycles. The first kappa shape index (κ1) is 13.2. The Balaban J connectivity index is 2.53. The molecule has 17 heavy (non-hydrogen) atoms. The van der Waals surface area contributed by atoms with E-state index in [1.165, 1.54) is 0 Å². The molecule has 1 aromatic carbocycles. The Labute approximate surface area is 101 Å². The minimum atomic E-state index is -0.819. The summed E-state index contributed by atoms with van der Waals surface area (Å²) in [5.74, 6) is -0.819. The summed E-state index contributed by atoms with van der Waals surface area (Å²) in [6.45, 7) is 2.46. The number of nitrogens with zero attached hydrogens (tertiary/aromatic N) is 1. The summed E-state index contributed by atoms with van der Waals surface area (Å²) in [5.41, 5.74) is 1.59. The largest absolute Gasteiger partial charge is 0.480 e. The number of nitrogens with one attached hydrogen (secondary N) is 1. The lowest BCUT2D eigenvalue weighted by Crippen LogP contribution is -2.35. The monoisotopic (exact) mass is 232 g/mol. The van der Waals surface area contributed by atoms with Gasteiger partial charge in [-0.05, 0) is 24.1 Å². The number of nitriles is 1. The van der Waals surface area contributed by atoms with E-state index in [4.69, 9.17) is 10.4 Å². The number of carboxylic acids is 1. The van der Waals surface area contributed by atoms with E-state index in [-0.39, 0.29) is 0 Å². The number of aliphatic carboxylic acids is 1. The molecule has 90 valence electrons. The van der Waals surface area contributed by atoms with Gasteiger partial charge in [0.1, 0.15) is 6.04 Å². The van der Waals surface area contributed by atoms with E-state index in [2.05, 4.69) is 5.32 Å². The molecule has 2 N–H and O–H groups in total. The van der Waals surface area contributed by atoms with Crippen LogP contribution in [0.3, 0.4) is 0 Å². The molecule has 0 spiro atoms. The molecular formula is C13H16N2O2. The number of rotatable bonds is 6. The van der Waals surface area contributed by atoms with Gasteiger partial charge in [-0.25, -0.2) is 0 Å². The van der Waals surface area contributed by atoms with E-state index in [1.54, 1.807) is 12.1 Å². The van der Waals surface area contributed by atoms with Crippen LogP contribution < -0.4 is 5.32 Å². The van der Waals surface area contributed by atoms with Gasteiger partial charge in [-0.3, -0.25) is 4.79 Å². The average molecular weight is 232 g/mol. The highest BCUT2D eigenvalue weighted by Crippen LogP contribution is 2.04. The molecule has 1 aromatic rings. The maximum Gasteiger partial charge on any atom is 0.320 e. The first-order chi connectivity index (χ1) is 8.17. The number of carboxylic acid groups (broad SMARTS) is 1. The van der Waals surface area contributed by atoms with Gasteiger partial charge in [0.25, 0.3) is 0 Å². The minimum Gasteiger partial charge on any atom is -0.480 e. The smallest absolute Gasteiger partial charge is 0.320 e. The second-order valence-electron chi connectivity index (χ2n) is 3.87. The summed E-state index contributed by atoms with van der Waals surface area (Å²) >= 11 is 0. The predicted molar refractivity (Wildman–Crippen MR) is 64.3 cm³/mol. The standard InChI is InChI=1S/C13H16N2O2/c1-2-3-12(13(16)17)15-9-11-6-4-10(8-14)5-7-11/h4-7,12,15H,2-3,9H2,1H3,(H,16,17). The Kier molecular flexibility index (Phi) is 5.18. The van der Waals surface area contributed by atoms with Gasteiger partial charge in [0.05, 0.1) is 11.6 Å². The normalized spacial score (nSPS) is 11.8. The molecule has 1 rings (SSSR count). The number of hydrogen-bond acceptors (Lipinski definition) is 3. The van der Waals surface area contributed by atoms with Crippen molar-refractivity contribution in [3.05, 3.63) is 35.4 Å². The summed E-state index contributed by atoms with van der Waals surface area (Å²) in [7, 11) is 0. The van der Waals surface area contributed by atoms with Gasteiger partial charge >= 0.3 is 5.97 Å². The van der Waals surface area contributed by atoms with Crippen molar-refractivity contribution in [3.63, 3.8) is 0 Å². The van der Waals surface area contributed by atoms with Crippen LogP contribution in [0.2, 0.25) is 0 Å². The van der Waals surface area contributed by atoms with Gasteiger partial charge < -0.3 is 10.4 Å². The van der Waals surface area contributed by atoms with E-state index in [9.17, 15) is 4.79 Å². The van der Waals surface area contributed by atoms with Crippen molar-refractivity contribution < 1.29 is 9.90 Å². The second kappa shape index (κ2) is 6.66. The number of benzene rings is 1. The van der Waals surface area contributed by atoms with Gasteiger partial charge in [0.2, 0.25) is 0 Å². The zero-order valence-electron chi connectivity index (χ0n) is 9.81. The Morgan fingerprint density at radius 2 is 2.12 bits per heavy atom. The van der Waals surface area contributed by atoms with Gasteiger partial charge in [-0.15, -0.1) is 0 Å². The number of hydrogen-bond donors (Lipinski definition) is 2. The molecule has 0 amide bonds. The highest BCUT2D eigenvalue weighted by atomic mass is 16.4. The molecule has 4 heteroatoms. The fraction of sp³-hybridized carbons (Fsp3) is 0.385. The van der Waals surface area contributed by atoms with Crippen LogP contribution >= 0.6 is 0 Å². The van der Waals surface area contributed by atoms with Crippen molar-refractivity contribution in [1.29, 1.82) is 5.26 Å². The molecule has 1 atom stereocenters. The SMILES string of the molecule is CCCC(NCc1ccc(C#N)cc1)C(=O)O. The molecule has 0 fully saturated rings. The summed E-state index contributed by atoms with van der Waals surface area (Å²) in [6, 6.07) is 8.66. The number of carbonyl (C=O) groups is 1. The highest BCUT2D eigenvalue weighted by molar-refractivity contribution is 5.73. The van der Waals surface area contributed by atoms with Crippen LogP contribution in [-0.4, -0.2) is 17.1 Å². The third kappa shape index (κ3) is 4.25.